The van der Waals surface area contributed by atoms with Gasteiger partial charge in [-0.2, -0.15) is 0 Å². The van der Waals surface area contributed by atoms with Crippen molar-refractivity contribution in [3.05, 3.63) is 44.5 Å². The van der Waals surface area contributed by atoms with Gasteiger partial charge in [0, 0.05) is 11.1 Å². The minimum Gasteiger partial charge on any atom is -0.258 e. The summed E-state index contributed by atoms with van der Waals surface area (Å²) in [6.07, 6.45) is 0. The molecule has 16 heavy (non-hydrogen) atoms. The highest BCUT2D eigenvalue weighted by atomic mass is 16.6. The molecular formula is C13H17NO2. The van der Waals surface area contributed by atoms with Crippen LogP contribution in [0.25, 0.3) is 5.57 Å². The number of hydrogen-bond donors (Lipinski definition) is 0. The summed E-state index contributed by atoms with van der Waals surface area (Å²) in [7, 11) is 0. The van der Waals surface area contributed by atoms with Crippen molar-refractivity contribution in [2.75, 3.05) is 0 Å². The number of nitrogens with zero attached hydrogens (tertiary/aromatic N) is 1. The van der Waals surface area contributed by atoms with E-state index in [2.05, 4.69) is 6.58 Å². The van der Waals surface area contributed by atoms with E-state index < -0.39 is 0 Å². The van der Waals surface area contributed by atoms with Crippen LogP contribution in [0.5, 0.6) is 0 Å². The van der Waals surface area contributed by atoms with Crippen LogP contribution in [0.3, 0.4) is 0 Å². The Morgan fingerprint density at radius 3 is 1.94 bits per heavy atom. The van der Waals surface area contributed by atoms with Gasteiger partial charge in [-0.05, 0) is 51.3 Å². The predicted octanol–water partition coefficient (Wildman–Crippen LogP) is 3.86. The summed E-state index contributed by atoms with van der Waals surface area (Å²) in [5.41, 5.74) is 5.57. The standard InChI is InChI=1S/C13H17NO2/c1-7(2)12-9(4)8(3)10(5)13(11(12)6)14(15)16/h1H2,2-6H3. The molecule has 0 fully saturated rings. The summed E-state index contributed by atoms with van der Waals surface area (Å²) >= 11 is 0. The zero-order valence-electron chi connectivity index (χ0n) is 10.5. The quantitative estimate of drug-likeness (QED) is 0.560. The molecule has 0 heterocycles. The summed E-state index contributed by atoms with van der Waals surface area (Å²) in [5, 5.41) is 11.1. The Hall–Kier alpha value is -1.64. The molecule has 1 aromatic carbocycles. The average molecular weight is 219 g/mol. The molecule has 0 bridgehead atoms. The van der Waals surface area contributed by atoms with Crippen LogP contribution >= 0.6 is 0 Å². The van der Waals surface area contributed by atoms with Crippen molar-refractivity contribution in [2.45, 2.75) is 34.6 Å². The molecule has 0 aliphatic carbocycles. The van der Waals surface area contributed by atoms with Gasteiger partial charge in [0.2, 0.25) is 0 Å². The number of nitro benzene ring substituents is 1. The van der Waals surface area contributed by atoms with E-state index in [0.717, 1.165) is 33.4 Å². The third kappa shape index (κ3) is 1.73. The van der Waals surface area contributed by atoms with Crippen molar-refractivity contribution in [3.8, 4) is 0 Å². The van der Waals surface area contributed by atoms with Crippen molar-refractivity contribution in [1.29, 1.82) is 0 Å². The Kier molecular flexibility index (Phi) is 3.17. The zero-order chi connectivity index (χ0) is 12.6. The average Bonchev–Trinajstić information content (AvgIpc) is 2.13. The van der Waals surface area contributed by atoms with Gasteiger partial charge in [0.05, 0.1) is 4.92 Å². The molecular weight excluding hydrogens is 202 g/mol. The molecule has 3 nitrogen and oxygen atoms in total. The highest BCUT2D eigenvalue weighted by Crippen LogP contribution is 2.35. The van der Waals surface area contributed by atoms with E-state index in [0.29, 0.717) is 0 Å². The Morgan fingerprint density at radius 2 is 1.56 bits per heavy atom. The van der Waals surface area contributed by atoms with Crippen molar-refractivity contribution in [2.24, 2.45) is 0 Å². The fourth-order valence-corrected chi connectivity index (χ4v) is 2.24. The Balaban J connectivity index is 3.80. The SMILES string of the molecule is C=C(C)c1c(C)c(C)c(C)c([N+](=O)[O-])c1C. The van der Waals surface area contributed by atoms with Crippen molar-refractivity contribution >= 4 is 11.3 Å². The van der Waals surface area contributed by atoms with Crippen LogP contribution in [0.4, 0.5) is 5.69 Å². The first-order valence-corrected chi connectivity index (χ1v) is 5.19. The highest BCUT2D eigenvalue weighted by molar-refractivity contribution is 5.74. The lowest BCUT2D eigenvalue weighted by atomic mass is 9.89. The van der Waals surface area contributed by atoms with E-state index in [9.17, 15) is 10.1 Å². The number of rotatable bonds is 2. The minimum atomic E-state index is -0.302. The molecule has 0 atom stereocenters. The lowest BCUT2D eigenvalue weighted by Crippen LogP contribution is -2.04. The third-order valence-corrected chi connectivity index (χ3v) is 3.19. The summed E-state index contributed by atoms with van der Waals surface area (Å²) in [4.78, 5) is 10.8. The molecule has 0 aliphatic heterocycles. The molecule has 0 saturated heterocycles. The third-order valence-electron chi connectivity index (χ3n) is 3.19. The van der Waals surface area contributed by atoms with Crippen LogP contribution < -0.4 is 0 Å². The van der Waals surface area contributed by atoms with Crippen LogP contribution in [-0.2, 0) is 0 Å². The first kappa shape index (κ1) is 12.4. The largest absolute Gasteiger partial charge is 0.276 e. The minimum absolute atomic E-state index is 0.223. The van der Waals surface area contributed by atoms with Gasteiger partial charge in [-0.25, -0.2) is 0 Å². The van der Waals surface area contributed by atoms with Gasteiger partial charge in [0.1, 0.15) is 0 Å². The van der Waals surface area contributed by atoms with Crippen LogP contribution in [0.1, 0.15) is 34.7 Å². The molecule has 0 aliphatic rings. The van der Waals surface area contributed by atoms with Crippen LogP contribution in [0.15, 0.2) is 6.58 Å². The fraction of sp³-hybridized carbons (Fsp3) is 0.385. The normalized spacial score (nSPS) is 10.3. The van der Waals surface area contributed by atoms with E-state index in [1.165, 1.54) is 0 Å². The smallest absolute Gasteiger partial charge is 0.258 e. The predicted molar refractivity (Wildman–Crippen MR) is 66.8 cm³/mol. The van der Waals surface area contributed by atoms with E-state index in [-0.39, 0.29) is 10.6 Å². The first-order valence-electron chi connectivity index (χ1n) is 5.19. The van der Waals surface area contributed by atoms with Gasteiger partial charge in [-0.15, -0.1) is 0 Å². The number of benzene rings is 1. The van der Waals surface area contributed by atoms with E-state index >= 15 is 0 Å². The maximum atomic E-state index is 11.1. The second kappa shape index (κ2) is 4.08. The summed E-state index contributed by atoms with van der Waals surface area (Å²) < 4.78 is 0. The van der Waals surface area contributed by atoms with Gasteiger partial charge in [0.15, 0.2) is 0 Å². The topological polar surface area (TPSA) is 43.1 Å². The molecule has 0 saturated carbocycles. The maximum absolute atomic E-state index is 11.1. The second-order valence-corrected chi connectivity index (χ2v) is 4.26. The van der Waals surface area contributed by atoms with E-state index in [4.69, 9.17) is 0 Å². The molecule has 0 radical (unpaired) electrons. The molecule has 0 spiro atoms. The van der Waals surface area contributed by atoms with Crippen molar-refractivity contribution in [3.63, 3.8) is 0 Å². The molecule has 0 amide bonds. The Labute approximate surface area is 95.9 Å². The van der Waals surface area contributed by atoms with Crippen molar-refractivity contribution < 1.29 is 4.92 Å². The summed E-state index contributed by atoms with van der Waals surface area (Å²) in [5.74, 6) is 0. The summed E-state index contributed by atoms with van der Waals surface area (Å²) in [6.45, 7) is 13.3. The molecule has 0 N–H and O–H groups in total. The van der Waals surface area contributed by atoms with E-state index in [1.807, 2.05) is 20.8 Å². The molecule has 1 aromatic rings. The highest BCUT2D eigenvalue weighted by Gasteiger charge is 2.22. The Morgan fingerprint density at radius 1 is 1.06 bits per heavy atom. The number of allylic oxidation sites excluding steroid dienone is 1. The van der Waals surface area contributed by atoms with Gasteiger partial charge >= 0.3 is 0 Å². The monoisotopic (exact) mass is 219 g/mol. The fourth-order valence-electron chi connectivity index (χ4n) is 2.24. The summed E-state index contributed by atoms with van der Waals surface area (Å²) in [6, 6.07) is 0. The van der Waals surface area contributed by atoms with Crippen molar-refractivity contribution in [1.82, 2.24) is 0 Å². The molecule has 0 aromatic heterocycles. The first-order chi connectivity index (χ1) is 7.29. The number of nitro groups is 1. The van der Waals surface area contributed by atoms with Crippen LogP contribution in [0, 0.1) is 37.8 Å². The lowest BCUT2D eigenvalue weighted by Gasteiger charge is -2.15. The Bertz CT molecular complexity index is 446. The lowest BCUT2D eigenvalue weighted by molar-refractivity contribution is -0.386. The molecule has 1 rings (SSSR count). The number of hydrogen-bond acceptors (Lipinski definition) is 2. The second-order valence-electron chi connectivity index (χ2n) is 4.26. The molecule has 86 valence electrons. The van der Waals surface area contributed by atoms with Gasteiger partial charge in [-0.1, -0.05) is 12.2 Å². The van der Waals surface area contributed by atoms with Crippen LogP contribution in [-0.4, -0.2) is 4.92 Å². The van der Waals surface area contributed by atoms with Gasteiger partial charge in [-0.3, -0.25) is 10.1 Å². The van der Waals surface area contributed by atoms with Crippen LogP contribution in [0.2, 0.25) is 0 Å². The maximum Gasteiger partial charge on any atom is 0.276 e. The van der Waals surface area contributed by atoms with Gasteiger partial charge < -0.3 is 0 Å². The molecule has 3 heteroatoms. The van der Waals surface area contributed by atoms with E-state index in [1.54, 1.807) is 13.8 Å². The van der Waals surface area contributed by atoms with Gasteiger partial charge in [0.25, 0.3) is 5.69 Å². The molecule has 0 unspecified atom stereocenters. The zero-order valence-corrected chi connectivity index (χ0v) is 10.5.